The summed E-state index contributed by atoms with van der Waals surface area (Å²) in [6, 6.07) is 5.88. The first kappa shape index (κ1) is 19.2. The van der Waals surface area contributed by atoms with Gasteiger partial charge in [0.05, 0.1) is 26.8 Å². The zero-order chi connectivity index (χ0) is 19.6. The zero-order valence-electron chi connectivity index (χ0n) is 16.2. The van der Waals surface area contributed by atoms with E-state index in [0.29, 0.717) is 31.7 Å². The lowest BCUT2D eigenvalue weighted by molar-refractivity contribution is -0.130. The third kappa shape index (κ3) is 3.77. The molecule has 1 aromatic carbocycles. The van der Waals surface area contributed by atoms with E-state index in [2.05, 4.69) is 0 Å². The lowest BCUT2D eigenvalue weighted by atomic mass is 10.0. The fourth-order valence-corrected chi connectivity index (χ4v) is 3.29. The third-order valence-electron chi connectivity index (χ3n) is 4.67. The van der Waals surface area contributed by atoms with Gasteiger partial charge in [-0.05, 0) is 31.9 Å². The second-order valence-corrected chi connectivity index (χ2v) is 6.45. The van der Waals surface area contributed by atoms with E-state index < -0.39 is 6.16 Å². The molecule has 0 aliphatic carbocycles. The number of rotatable bonds is 4. The smallest absolute Gasteiger partial charge is 0.434 e. The second-order valence-electron chi connectivity index (χ2n) is 6.45. The Balaban J connectivity index is 2.17. The molecular weight excluding hydrogens is 350 g/mol. The van der Waals surface area contributed by atoms with E-state index in [0.717, 1.165) is 16.7 Å². The Bertz CT molecular complexity index is 899. The number of hydrogen-bond donors (Lipinski definition) is 0. The van der Waals surface area contributed by atoms with E-state index in [-0.39, 0.29) is 18.0 Å². The summed E-state index contributed by atoms with van der Waals surface area (Å²) in [7, 11) is 1.60. The second kappa shape index (κ2) is 7.98. The van der Waals surface area contributed by atoms with Crippen LogP contribution in [0.3, 0.4) is 0 Å². The number of aryl methyl sites for hydroxylation is 2. The Kier molecular flexibility index (Phi) is 5.67. The standard InChI is InChI=1S/C19H25N3O5/c1-5-26-19(24)27-18-16(15-12-13(2)6-7-14(15)3)17(23)21-10-8-20(25-4)9-11-22(18)21/h6-7,12H,5,8-11H2,1-4H3. The topological polar surface area (TPSA) is 74.9 Å². The molecule has 1 aliphatic rings. The molecule has 2 aromatic rings. The SMILES string of the molecule is CCOC(=O)Oc1c(-c2cc(C)ccc2C)c(=O)n2n1CCN(OC)CC2. The van der Waals surface area contributed by atoms with Gasteiger partial charge in [0.2, 0.25) is 5.88 Å². The molecule has 0 unspecified atom stereocenters. The molecule has 8 heteroatoms. The summed E-state index contributed by atoms with van der Waals surface area (Å²) in [5, 5.41) is 1.77. The Labute approximate surface area is 157 Å². The summed E-state index contributed by atoms with van der Waals surface area (Å²) in [5.74, 6) is 0.213. The summed E-state index contributed by atoms with van der Waals surface area (Å²) in [6.07, 6.45) is -0.821. The molecule has 0 saturated heterocycles. The summed E-state index contributed by atoms with van der Waals surface area (Å²) >= 11 is 0. The van der Waals surface area contributed by atoms with Crippen molar-refractivity contribution in [1.29, 1.82) is 0 Å². The van der Waals surface area contributed by atoms with Crippen LogP contribution < -0.4 is 10.3 Å². The summed E-state index contributed by atoms with van der Waals surface area (Å²) in [4.78, 5) is 30.6. The van der Waals surface area contributed by atoms with Gasteiger partial charge in [0.1, 0.15) is 5.56 Å². The van der Waals surface area contributed by atoms with E-state index in [1.165, 1.54) is 0 Å². The molecule has 0 fully saturated rings. The average Bonchev–Trinajstić information content (AvgIpc) is 2.78. The molecule has 0 radical (unpaired) electrons. The number of ether oxygens (including phenoxy) is 2. The number of benzene rings is 1. The van der Waals surface area contributed by atoms with E-state index in [4.69, 9.17) is 14.3 Å². The normalized spacial score (nSPS) is 14.5. The number of carbonyl (C=O) groups excluding carboxylic acids is 1. The highest BCUT2D eigenvalue weighted by molar-refractivity contribution is 5.75. The predicted molar refractivity (Wildman–Crippen MR) is 99.8 cm³/mol. The quantitative estimate of drug-likeness (QED) is 0.764. The van der Waals surface area contributed by atoms with Gasteiger partial charge in [0.25, 0.3) is 5.56 Å². The van der Waals surface area contributed by atoms with Gasteiger partial charge in [0.15, 0.2) is 0 Å². The van der Waals surface area contributed by atoms with Gasteiger partial charge in [-0.2, -0.15) is 5.06 Å². The van der Waals surface area contributed by atoms with Crippen molar-refractivity contribution >= 4 is 6.16 Å². The van der Waals surface area contributed by atoms with E-state index in [9.17, 15) is 9.59 Å². The molecule has 8 nitrogen and oxygen atoms in total. The van der Waals surface area contributed by atoms with Crippen LogP contribution in [0.1, 0.15) is 18.1 Å². The number of aromatic nitrogens is 2. The van der Waals surface area contributed by atoms with Gasteiger partial charge < -0.3 is 14.3 Å². The maximum absolute atomic E-state index is 13.2. The minimum absolute atomic E-state index is 0.194. The minimum atomic E-state index is -0.821. The van der Waals surface area contributed by atoms with Crippen molar-refractivity contribution in [2.45, 2.75) is 33.9 Å². The van der Waals surface area contributed by atoms with Gasteiger partial charge in [-0.25, -0.2) is 14.2 Å². The van der Waals surface area contributed by atoms with Crippen molar-refractivity contribution in [3.63, 3.8) is 0 Å². The number of hydrogen-bond acceptors (Lipinski definition) is 6. The van der Waals surface area contributed by atoms with Crippen LogP contribution in [0.4, 0.5) is 4.79 Å². The Morgan fingerprint density at radius 1 is 1.11 bits per heavy atom. The van der Waals surface area contributed by atoms with Crippen LogP contribution in [-0.4, -0.2) is 47.4 Å². The van der Waals surface area contributed by atoms with Crippen molar-refractivity contribution in [3.8, 4) is 17.0 Å². The van der Waals surface area contributed by atoms with Crippen molar-refractivity contribution in [1.82, 2.24) is 14.4 Å². The molecular formula is C19H25N3O5. The third-order valence-corrected chi connectivity index (χ3v) is 4.67. The molecule has 27 heavy (non-hydrogen) atoms. The zero-order valence-corrected chi connectivity index (χ0v) is 16.2. The minimum Gasteiger partial charge on any atom is -0.434 e. The highest BCUT2D eigenvalue weighted by Crippen LogP contribution is 2.32. The van der Waals surface area contributed by atoms with Crippen molar-refractivity contribution in [3.05, 3.63) is 39.7 Å². The first-order chi connectivity index (χ1) is 13.0. The molecule has 3 rings (SSSR count). The van der Waals surface area contributed by atoms with Crippen LogP contribution in [0.15, 0.2) is 23.0 Å². The van der Waals surface area contributed by atoms with Crippen molar-refractivity contribution < 1.29 is 19.1 Å². The molecule has 0 saturated carbocycles. The van der Waals surface area contributed by atoms with E-state index in [1.54, 1.807) is 28.5 Å². The number of carbonyl (C=O) groups is 1. The first-order valence-corrected chi connectivity index (χ1v) is 9.01. The summed E-state index contributed by atoms with van der Waals surface area (Å²) in [6.45, 7) is 7.79. The maximum Gasteiger partial charge on any atom is 0.515 e. The average molecular weight is 375 g/mol. The Morgan fingerprint density at radius 3 is 2.48 bits per heavy atom. The number of fused-ring (bicyclic) bond motifs is 1. The summed E-state index contributed by atoms with van der Waals surface area (Å²) in [5.41, 5.74) is 2.91. The molecule has 0 spiro atoms. The van der Waals surface area contributed by atoms with Crippen LogP contribution in [0.5, 0.6) is 5.88 Å². The maximum atomic E-state index is 13.2. The van der Waals surface area contributed by atoms with E-state index in [1.807, 2.05) is 32.0 Å². The van der Waals surface area contributed by atoms with Crippen LogP contribution in [0, 0.1) is 13.8 Å². The molecule has 1 aromatic heterocycles. The van der Waals surface area contributed by atoms with Crippen molar-refractivity contribution in [2.24, 2.45) is 0 Å². The first-order valence-electron chi connectivity index (χ1n) is 9.01. The summed E-state index contributed by atoms with van der Waals surface area (Å²) < 4.78 is 13.7. The molecule has 0 atom stereocenters. The number of nitrogens with zero attached hydrogens (tertiary/aromatic N) is 3. The van der Waals surface area contributed by atoms with Crippen LogP contribution in [0.25, 0.3) is 11.1 Å². The van der Waals surface area contributed by atoms with Crippen LogP contribution in [-0.2, 0) is 22.7 Å². The highest BCUT2D eigenvalue weighted by Gasteiger charge is 2.28. The molecule has 2 heterocycles. The van der Waals surface area contributed by atoms with Gasteiger partial charge in [-0.15, -0.1) is 0 Å². The van der Waals surface area contributed by atoms with E-state index >= 15 is 0 Å². The largest absolute Gasteiger partial charge is 0.515 e. The molecule has 0 amide bonds. The molecule has 0 N–H and O–H groups in total. The van der Waals surface area contributed by atoms with Gasteiger partial charge >= 0.3 is 6.16 Å². The molecule has 0 bridgehead atoms. The lowest BCUT2D eigenvalue weighted by Gasteiger charge is -2.16. The van der Waals surface area contributed by atoms with Crippen LogP contribution >= 0.6 is 0 Å². The van der Waals surface area contributed by atoms with Crippen LogP contribution in [0.2, 0.25) is 0 Å². The lowest BCUT2D eigenvalue weighted by Crippen LogP contribution is -2.27. The predicted octanol–water partition coefficient (Wildman–Crippen LogP) is 2.35. The van der Waals surface area contributed by atoms with Gasteiger partial charge in [0, 0.05) is 13.1 Å². The highest BCUT2D eigenvalue weighted by atomic mass is 16.7. The molecule has 146 valence electrons. The number of hydroxylamine groups is 2. The van der Waals surface area contributed by atoms with Gasteiger partial charge in [-0.3, -0.25) is 4.79 Å². The van der Waals surface area contributed by atoms with Gasteiger partial charge in [-0.1, -0.05) is 23.8 Å². The molecule has 1 aliphatic heterocycles. The Hall–Kier alpha value is -2.58. The monoisotopic (exact) mass is 375 g/mol. The fraction of sp³-hybridized carbons (Fsp3) is 0.474. The Morgan fingerprint density at radius 2 is 1.81 bits per heavy atom. The fourth-order valence-electron chi connectivity index (χ4n) is 3.29. The van der Waals surface area contributed by atoms with Crippen molar-refractivity contribution in [2.75, 3.05) is 26.8 Å².